The second-order valence-electron chi connectivity index (χ2n) is 10.1. The Morgan fingerprint density at radius 3 is 2.62 bits per heavy atom. The van der Waals surface area contributed by atoms with E-state index in [4.69, 9.17) is 4.74 Å². The quantitative estimate of drug-likeness (QED) is 0.533. The number of allylic oxidation sites excluding steroid dienone is 2. The summed E-state index contributed by atoms with van der Waals surface area (Å²) in [6.45, 7) is 13.7. The van der Waals surface area contributed by atoms with Gasteiger partial charge in [-0.15, -0.1) is 0 Å². The zero-order chi connectivity index (χ0) is 24.6. The molecule has 0 saturated heterocycles. The van der Waals surface area contributed by atoms with Crippen LogP contribution in [0.4, 0.5) is 0 Å². The third kappa shape index (κ3) is 4.29. The van der Waals surface area contributed by atoms with E-state index >= 15 is 0 Å². The third-order valence-corrected chi connectivity index (χ3v) is 6.76. The number of ether oxygens (including phenoxy) is 1. The lowest BCUT2D eigenvalue weighted by molar-refractivity contribution is 0.0696. The standard InChI is InChI=1S/C28H35N3O3/c1-7-9-25(28(3,4)5)30-17-20(14-19-15-22(34-6)12-13-23(19)18(30)2)26-24(27(32)33)16-29-31(26)21-10-8-11-21/h9,12-16,21H,2,7-8,10-11,17H2,1,3-6H3,(H,32,33)/b25-9+. The first-order valence-electron chi connectivity index (χ1n) is 12.0. The first kappa shape index (κ1) is 23.9. The molecule has 1 aromatic heterocycles. The van der Waals surface area contributed by atoms with Gasteiger partial charge in [-0.2, -0.15) is 5.10 Å². The van der Waals surface area contributed by atoms with E-state index in [1.807, 2.05) is 22.9 Å². The highest BCUT2D eigenvalue weighted by Crippen LogP contribution is 2.42. The summed E-state index contributed by atoms with van der Waals surface area (Å²) in [6.07, 6.45) is 9.91. The van der Waals surface area contributed by atoms with Crippen molar-refractivity contribution in [2.75, 3.05) is 13.7 Å². The van der Waals surface area contributed by atoms with Crippen molar-refractivity contribution in [3.05, 3.63) is 65.1 Å². The van der Waals surface area contributed by atoms with Gasteiger partial charge in [0, 0.05) is 28.9 Å². The molecule has 0 bridgehead atoms. The molecule has 180 valence electrons. The molecule has 34 heavy (non-hydrogen) atoms. The highest BCUT2D eigenvalue weighted by atomic mass is 16.5. The molecule has 1 aliphatic carbocycles. The van der Waals surface area contributed by atoms with Crippen LogP contribution in [0.15, 0.2) is 42.7 Å². The first-order valence-corrected chi connectivity index (χ1v) is 12.0. The SMILES string of the molecule is C=C1c2ccc(OC)cc2C=C(c2c(C(=O)O)cnn2C2CCC2)CN1/C(=C/CC)C(C)(C)C. The van der Waals surface area contributed by atoms with Gasteiger partial charge in [-0.1, -0.05) is 40.3 Å². The average molecular weight is 462 g/mol. The van der Waals surface area contributed by atoms with Crippen LogP contribution in [0.2, 0.25) is 0 Å². The minimum atomic E-state index is -0.956. The lowest BCUT2D eigenvalue weighted by Crippen LogP contribution is -2.31. The van der Waals surface area contributed by atoms with E-state index in [0.717, 1.165) is 53.8 Å². The summed E-state index contributed by atoms with van der Waals surface area (Å²) in [4.78, 5) is 14.5. The van der Waals surface area contributed by atoms with Crippen LogP contribution in [0.3, 0.4) is 0 Å². The molecule has 1 aromatic carbocycles. The number of carbonyl (C=O) groups is 1. The fourth-order valence-corrected chi connectivity index (χ4v) is 4.83. The highest BCUT2D eigenvalue weighted by Gasteiger charge is 2.33. The number of hydrogen-bond donors (Lipinski definition) is 1. The Morgan fingerprint density at radius 2 is 2.06 bits per heavy atom. The Bertz CT molecular complexity index is 1180. The van der Waals surface area contributed by atoms with Crippen LogP contribution in [0.5, 0.6) is 5.75 Å². The average Bonchev–Trinajstić information content (AvgIpc) is 3.11. The van der Waals surface area contributed by atoms with Gasteiger partial charge in [0.05, 0.1) is 25.0 Å². The number of methoxy groups -OCH3 is 1. The molecule has 2 aliphatic rings. The van der Waals surface area contributed by atoms with Crippen LogP contribution in [0.1, 0.15) is 86.6 Å². The number of aromatic carboxylic acids is 1. The van der Waals surface area contributed by atoms with Gasteiger partial charge in [0.25, 0.3) is 0 Å². The molecular formula is C28H35N3O3. The molecule has 0 radical (unpaired) electrons. The van der Waals surface area contributed by atoms with Crippen molar-refractivity contribution in [3.63, 3.8) is 0 Å². The van der Waals surface area contributed by atoms with E-state index < -0.39 is 5.97 Å². The molecule has 4 rings (SSSR count). The zero-order valence-corrected chi connectivity index (χ0v) is 20.9. The maximum absolute atomic E-state index is 12.2. The Morgan fingerprint density at radius 1 is 1.32 bits per heavy atom. The van der Waals surface area contributed by atoms with E-state index in [1.54, 1.807) is 7.11 Å². The van der Waals surface area contributed by atoms with Crippen LogP contribution in [0, 0.1) is 5.41 Å². The lowest BCUT2D eigenvalue weighted by atomic mass is 9.89. The molecule has 6 nitrogen and oxygen atoms in total. The molecule has 1 aliphatic heterocycles. The zero-order valence-electron chi connectivity index (χ0n) is 20.9. The minimum Gasteiger partial charge on any atom is -0.497 e. The number of fused-ring (bicyclic) bond motifs is 1. The molecule has 0 spiro atoms. The van der Waals surface area contributed by atoms with E-state index in [9.17, 15) is 9.90 Å². The molecule has 0 atom stereocenters. The largest absolute Gasteiger partial charge is 0.497 e. The highest BCUT2D eigenvalue weighted by molar-refractivity contribution is 5.98. The van der Waals surface area contributed by atoms with Crippen LogP contribution in [0.25, 0.3) is 17.3 Å². The Labute approximate surface area is 202 Å². The van der Waals surface area contributed by atoms with Gasteiger partial charge in [0.15, 0.2) is 0 Å². The monoisotopic (exact) mass is 461 g/mol. The van der Waals surface area contributed by atoms with Gasteiger partial charge in [-0.25, -0.2) is 4.79 Å². The summed E-state index contributed by atoms with van der Waals surface area (Å²) in [5, 5.41) is 14.6. The predicted octanol–water partition coefficient (Wildman–Crippen LogP) is 6.48. The van der Waals surface area contributed by atoms with Crippen molar-refractivity contribution in [1.82, 2.24) is 14.7 Å². The van der Waals surface area contributed by atoms with E-state index in [-0.39, 0.29) is 17.0 Å². The van der Waals surface area contributed by atoms with Crippen LogP contribution < -0.4 is 4.74 Å². The smallest absolute Gasteiger partial charge is 0.339 e. The number of benzene rings is 1. The molecule has 2 aromatic rings. The molecule has 0 amide bonds. The number of hydrogen-bond acceptors (Lipinski definition) is 4. The van der Waals surface area contributed by atoms with Gasteiger partial charge >= 0.3 is 5.97 Å². The molecule has 2 heterocycles. The molecule has 6 heteroatoms. The first-order chi connectivity index (χ1) is 16.2. The fraction of sp³-hybridized carbons (Fsp3) is 0.429. The second-order valence-corrected chi connectivity index (χ2v) is 10.1. The normalized spacial score (nSPS) is 17.1. The van der Waals surface area contributed by atoms with E-state index in [0.29, 0.717) is 12.2 Å². The van der Waals surface area contributed by atoms with Crippen LogP contribution >= 0.6 is 0 Å². The van der Waals surface area contributed by atoms with Crippen LogP contribution in [-0.4, -0.2) is 39.4 Å². The fourth-order valence-electron chi connectivity index (χ4n) is 4.83. The number of carboxylic acid groups (broad SMARTS) is 1. The van der Waals surface area contributed by atoms with Gasteiger partial charge in [-0.05, 0) is 61.1 Å². The molecule has 1 N–H and O–H groups in total. The van der Waals surface area contributed by atoms with Crippen molar-refractivity contribution < 1.29 is 14.6 Å². The summed E-state index contributed by atoms with van der Waals surface area (Å²) in [5.41, 5.74) is 5.76. The summed E-state index contributed by atoms with van der Waals surface area (Å²) < 4.78 is 7.44. The van der Waals surface area contributed by atoms with Gasteiger partial charge in [-0.3, -0.25) is 4.68 Å². The van der Waals surface area contributed by atoms with Crippen molar-refractivity contribution in [3.8, 4) is 5.75 Å². The van der Waals surface area contributed by atoms with Gasteiger partial charge in [0.2, 0.25) is 0 Å². The van der Waals surface area contributed by atoms with Crippen molar-refractivity contribution in [2.24, 2.45) is 5.41 Å². The minimum absolute atomic E-state index is 0.120. The maximum atomic E-state index is 12.2. The topological polar surface area (TPSA) is 67.6 Å². The third-order valence-electron chi connectivity index (χ3n) is 6.76. The van der Waals surface area contributed by atoms with Crippen molar-refractivity contribution in [1.29, 1.82) is 0 Å². The predicted molar refractivity (Wildman–Crippen MR) is 137 cm³/mol. The molecule has 1 fully saturated rings. The summed E-state index contributed by atoms with van der Waals surface area (Å²) in [5.74, 6) is -0.205. The number of carboxylic acids is 1. The summed E-state index contributed by atoms with van der Waals surface area (Å²) in [7, 11) is 1.65. The maximum Gasteiger partial charge on any atom is 0.339 e. The van der Waals surface area contributed by atoms with E-state index in [1.165, 1.54) is 11.9 Å². The molecule has 1 saturated carbocycles. The number of rotatable bonds is 6. The molecular weight excluding hydrogens is 426 g/mol. The van der Waals surface area contributed by atoms with Gasteiger partial charge in [0.1, 0.15) is 11.3 Å². The second kappa shape index (κ2) is 9.16. The van der Waals surface area contributed by atoms with Gasteiger partial charge < -0.3 is 14.7 Å². The summed E-state index contributed by atoms with van der Waals surface area (Å²) in [6, 6.07) is 6.22. The van der Waals surface area contributed by atoms with E-state index in [2.05, 4.69) is 56.4 Å². The Hall–Kier alpha value is -3.28. The Balaban J connectivity index is 1.96. The van der Waals surface area contributed by atoms with Crippen molar-refractivity contribution >= 4 is 23.3 Å². The van der Waals surface area contributed by atoms with Crippen LogP contribution in [-0.2, 0) is 0 Å². The number of aromatic nitrogens is 2. The van der Waals surface area contributed by atoms with Crippen molar-refractivity contribution in [2.45, 2.75) is 59.4 Å². The number of nitrogens with zero attached hydrogens (tertiary/aromatic N) is 3. The lowest BCUT2D eigenvalue weighted by Gasteiger charge is -2.37. The Kier molecular flexibility index (Phi) is 6.43. The summed E-state index contributed by atoms with van der Waals surface area (Å²) >= 11 is 0. The molecule has 0 unspecified atom stereocenters.